The molecule has 3 nitrogen and oxygen atoms in total. The lowest BCUT2D eigenvalue weighted by Crippen LogP contribution is -2.27. The van der Waals surface area contributed by atoms with E-state index in [-0.39, 0.29) is 11.0 Å². The SMILES string of the molecule is CC(=O)SCC1CC(=O)N(CCc2ccc(Cl)cc2)C1. The van der Waals surface area contributed by atoms with Crippen LogP contribution in [0.4, 0.5) is 0 Å². The largest absolute Gasteiger partial charge is 0.342 e. The number of likely N-dealkylation sites (tertiary alicyclic amines) is 1. The van der Waals surface area contributed by atoms with Crippen molar-refractivity contribution in [2.24, 2.45) is 5.92 Å². The van der Waals surface area contributed by atoms with Gasteiger partial charge in [-0.05, 0) is 30.0 Å². The first-order valence-electron chi connectivity index (χ1n) is 6.70. The summed E-state index contributed by atoms with van der Waals surface area (Å²) in [5.74, 6) is 1.26. The van der Waals surface area contributed by atoms with E-state index in [1.54, 1.807) is 6.92 Å². The van der Waals surface area contributed by atoms with Crippen molar-refractivity contribution in [3.8, 4) is 0 Å². The van der Waals surface area contributed by atoms with Crippen LogP contribution in [0.15, 0.2) is 24.3 Å². The Bertz CT molecular complexity index is 489. The van der Waals surface area contributed by atoms with Crippen LogP contribution in [0.2, 0.25) is 5.02 Å². The summed E-state index contributed by atoms with van der Waals surface area (Å²) in [7, 11) is 0. The Morgan fingerprint density at radius 2 is 2.10 bits per heavy atom. The molecule has 0 spiro atoms. The average Bonchev–Trinajstić information content (AvgIpc) is 2.76. The first-order valence-corrected chi connectivity index (χ1v) is 8.06. The summed E-state index contributed by atoms with van der Waals surface area (Å²) < 4.78 is 0. The second-order valence-electron chi connectivity index (χ2n) is 5.09. The third-order valence-corrected chi connectivity index (χ3v) is 4.70. The van der Waals surface area contributed by atoms with Gasteiger partial charge < -0.3 is 4.90 Å². The van der Waals surface area contributed by atoms with Crippen LogP contribution in [0.3, 0.4) is 0 Å². The van der Waals surface area contributed by atoms with Gasteiger partial charge in [0, 0.05) is 37.2 Å². The Labute approximate surface area is 128 Å². The molecule has 2 rings (SSSR count). The minimum Gasteiger partial charge on any atom is -0.342 e. The van der Waals surface area contributed by atoms with Gasteiger partial charge in [0.15, 0.2) is 5.12 Å². The monoisotopic (exact) mass is 311 g/mol. The Morgan fingerprint density at radius 3 is 2.75 bits per heavy atom. The standard InChI is InChI=1S/C15H18ClNO2S/c1-11(18)20-10-13-8-15(19)17(9-13)7-6-12-2-4-14(16)5-3-12/h2-5,13H,6-10H2,1H3. The highest BCUT2D eigenvalue weighted by Gasteiger charge is 2.29. The molecular formula is C15H18ClNO2S. The Kier molecular flexibility index (Phi) is 5.49. The molecule has 0 bridgehead atoms. The van der Waals surface area contributed by atoms with Crippen LogP contribution in [0.1, 0.15) is 18.9 Å². The predicted molar refractivity (Wildman–Crippen MR) is 83.0 cm³/mol. The van der Waals surface area contributed by atoms with E-state index in [4.69, 9.17) is 11.6 Å². The van der Waals surface area contributed by atoms with Crippen molar-refractivity contribution < 1.29 is 9.59 Å². The second-order valence-corrected chi connectivity index (χ2v) is 6.72. The summed E-state index contributed by atoms with van der Waals surface area (Å²) in [6.07, 6.45) is 1.41. The molecule has 0 aliphatic carbocycles. The van der Waals surface area contributed by atoms with Crippen LogP contribution in [0.25, 0.3) is 0 Å². The van der Waals surface area contributed by atoms with Gasteiger partial charge >= 0.3 is 0 Å². The van der Waals surface area contributed by atoms with E-state index >= 15 is 0 Å². The number of rotatable bonds is 5. The van der Waals surface area contributed by atoms with Crippen LogP contribution in [-0.2, 0) is 16.0 Å². The molecule has 1 aliphatic rings. The molecule has 20 heavy (non-hydrogen) atoms. The number of nitrogens with zero attached hydrogens (tertiary/aromatic N) is 1. The highest BCUT2D eigenvalue weighted by atomic mass is 35.5. The Hall–Kier alpha value is -1.00. The number of carbonyl (C=O) groups excluding carboxylic acids is 2. The quantitative estimate of drug-likeness (QED) is 0.839. The van der Waals surface area contributed by atoms with Crippen molar-refractivity contribution in [1.29, 1.82) is 0 Å². The zero-order chi connectivity index (χ0) is 14.5. The van der Waals surface area contributed by atoms with Gasteiger partial charge in [-0.15, -0.1) is 0 Å². The molecule has 1 aliphatic heterocycles. The molecule has 1 saturated heterocycles. The van der Waals surface area contributed by atoms with Gasteiger partial charge in [0.2, 0.25) is 5.91 Å². The summed E-state index contributed by atoms with van der Waals surface area (Å²) in [5, 5.41) is 0.851. The first kappa shape index (κ1) is 15.4. The van der Waals surface area contributed by atoms with E-state index in [1.807, 2.05) is 29.2 Å². The summed E-state index contributed by atoms with van der Waals surface area (Å²) in [5.41, 5.74) is 1.18. The van der Waals surface area contributed by atoms with Gasteiger partial charge in [-0.3, -0.25) is 9.59 Å². The molecule has 5 heteroatoms. The summed E-state index contributed by atoms with van der Waals surface area (Å²) >= 11 is 7.16. The number of hydrogen-bond donors (Lipinski definition) is 0. The van der Waals surface area contributed by atoms with E-state index in [0.29, 0.717) is 12.3 Å². The van der Waals surface area contributed by atoms with E-state index in [2.05, 4.69) is 0 Å². The third-order valence-electron chi connectivity index (χ3n) is 3.40. The number of amides is 1. The topological polar surface area (TPSA) is 37.4 Å². The fourth-order valence-corrected chi connectivity index (χ4v) is 3.15. The Morgan fingerprint density at radius 1 is 1.40 bits per heavy atom. The molecule has 108 valence electrons. The first-order chi connectivity index (χ1) is 9.54. The molecule has 1 aromatic carbocycles. The molecule has 0 saturated carbocycles. The van der Waals surface area contributed by atoms with Crippen LogP contribution in [0, 0.1) is 5.92 Å². The molecule has 1 amide bonds. The van der Waals surface area contributed by atoms with E-state index in [1.165, 1.54) is 17.3 Å². The van der Waals surface area contributed by atoms with Gasteiger partial charge in [0.1, 0.15) is 0 Å². The zero-order valence-electron chi connectivity index (χ0n) is 11.5. The molecule has 1 unspecified atom stereocenters. The van der Waals surface area contributed by atoms with Crippen molar-refractivity contribution in [3.05, 3.63) is 34.9 Å². The van der Waals surface area contributed by atoms with Crippen molar-refractivity contribution in [3.63, 3.8) is 0 Å². The van der Waals surface area contributed by atoms with Crippen molar-refractivity contribution >= 4 is 34.4 Å². The Balaban J connectivity index is 1.80. The molecule has 0 radical (unpaired) electrons. The highest BCUT2D eigenvalue weighted by molar-refractivity contribution is 8.13. The predicted octanol–water partition coefficient (Wildman–Crippen LogP) is 3.01. The van der Waals surface area contributed by atoms with Crippen LogP contribution in [0.5, 0.6) is 0 Å². The number of hydrogen-bond acceptors (Lipinski definition) is 3. The normalized spacial score (nSPS) is 18.6. The lowest BCUT2D eigenvalue weighted by molar-refractivity contribution is -0.127. The average molecular weight is 312 g/mol. The number of carbonyl (C=O) groups is 2. The molecule has 1 heterocycles. The van der Waals surface area contributed by atoms with Crippen molar-refractivity contribution in [2.45, 2.75) is 19.8 Å². The lowest BCUT2D eigenvalue weighted by Gasteiger charge is -2.16. The summed E-state index contributed by atoms with van der Waals surface area (Å²) in [6, 6.07) is 7.72. The number of thioether (sulfide) groups is 1. The minimum atomic E-state index is 0.122. The molecular weight excluding hydrogens is 294 g/mol. The van der Waals surface area contributed by atoms with Crippen LogP contribution < -0.4 is 0 Å². The second kappa shape index (κ2) is 7.14. The lowest BCUT2D eigenvalue weighted by atomic mass is 10.1. The maximum Gasteiger partial charge on any atom is 0.222 e. The minimum absolute atomic E-state index is 0.122. The molecule has 0 aromatic heterocycles. The maximum absolute atomic E-state index is 11.9. The van der Waals surface area contributed by atoms with Gasteiger partial charge in [-0.2, -0.15) is 0 Å². The number of halogens is 1. The summed E-state index contributed by atoms with van der Waals surface area (Å²) in [4.78, 5) is 24.8. The van der Waals surface area contributed by atoms with E-state index in [0.717, 1.165) is 30.3 Å². The van der Waals surface area contributed by atoms with Crippen molar-refractivity contribution in [1.82, 2.24) is 4.90 Å². The molecule has 0 N–H and O–H groups in total. The van der Waals surface area contributed by atoms with E-state index in [9.17, 15) is 9.59 Å². The van der Waals surface area contributed by atoms with Gasteiger partial charge in [-0.25, -0.2) is 0 Å². The fraction of sp³-hybridized carbons (Fsp3) is 0.467. The molecule has 1 atom stereocenters. The smallest absolute Gasteiger partial charge is 0.222 e. The summed E-state index contributed by atoms with van der Waals surface area (Å²) in [6.45, 7) is 3.08. The van der Waals surface area contributed by atoms with Gasteiger partial charge in [0.25, 0.3) is 0 Å². The fourth-order valence-electron chi connectivity index (χ4n) is 2.33. The van der Waals surface area contributed by atoms with E-state index < -0.39 is 0 Å². The maximum atomic E-state index is 11.9. The van der Waals surface area contributed by atoms with Gasteiger partial charge in [0.05, 0.1) is 0 Å². The van der Waals surface area contributed by atoms with Crippen LogP contribution >= 0.6 is 23.4 Å². The molecule has 1 fully saturated rings. The van der Waals surface area contributed by atoms with Crippen LogP contribution in [-0.4, -0.2) is 34.8 Å². The highest BCUT2D eigenvalue weighted by Crippen LogP contribution is 2.22. The third kappa shape index (κ3) is 4.53. The number of benzene rings is 1. The van der Waals surface area contributed by atoms with Crippen molar-refractivity contribution in [2.75, 3.05) is 18.8 Å². The molecule has 1 aromatic rings. The van der Waals surface area contributed by atoms with Gasteiger partial charge in [-0.1, -0.05) is 35.5 Å². The zero-order valence-corrected chi connectivity index (χ0v) is 13.0.